The first-order valence-electron chi connectivity index (χ1n) is 7.35. The van der Waals surface area contributed by atoms with Crippen molar-refractivity contribution in [3.05, 3.63) is 18.7 Å². The third-order valence-corrected chi connectivity index (χ3v) is 4.46. The number of hydrogen-bond acceptors (Lipinski definition) is 2. The number of urea groups is 1. The summed E-state index contributed by atoms with van der Waals surface area (Å²) < 4.78 is 1.98. The van der Waals surface area contributed by atoms with Crippen molar-refractivity contribution in [3.63, 3.8) is 0 Å². The summed E-state index contributed by atoms with van der Waals surface area (Å²) in [7, 11) is 0. The fraction of sp³-hybridized carbons (Fsp3) is 0.714. The number of likely N-dealkylation sites (tertiary alicyclic amines) is 1. The summed E-state index contributed by atoms with van der Waals surface area (Å²) in [5, 5.41) is 3.03. The molecule has 104 valence electrons. The zero-order chi connectivity index (χ0) is 13.1. The van der Waals surface area contributed by atoms with Crippen LogP contribution in [0.5, 0.6) is 0 Å². The number of nitrogens with one attached hydrogen (secondary N) is 1. The molecule has 1 saturated carbocycles. The molecular formula is C14H22N4O. The van der Waals surface area contributed by atoms with Gasteiger partial charge in [0.25, 0.3) is 0 Å². The molecule has 2 heterocycles. The van der Waals surface area contributed by atoms with Gasteiger partial charge in [-0.05, 0) is 31.6 Å². The molecule has 1 aromatic heterocycles. The number of carbonyl (C=O) groups excluding carboxylic acids is 1. The molecule has 19 heavy (non-hydrogen) atoms. The Labute approximate surface area is 114 Å². The molecule has 0 unspecified atom stereocenters. The molecule has 2 amide bonds. The zero-order valence-electron chi connectivity index (χ0n) is 11.3. The lowest BCUT2D eigenvalue weighted by Gasteiger charge is -2.36. The Hall–Kier alpha value is -1.52. The lowest BCUT2D eigenvalue weighted by molar-refractivity contribution is 0.139. The first-order valence-corrected chi connectivity index (χ1v) is 7.35. The van der Waals surface area contributed by atoms with Crippen molar-refractivity contribution in [1.82, 2.24) is 19.8 Å². The summed E-state index contributed by atoms with van der Waals surface area (Å²) in [6, 6.07) is 0.622. The van der Waals surface area contributed by atoms with E-state index < -0.39 is 0 Å². The SMILES string of the molecule is O=C(NCCn1ccnc1)N1CCC[C@@H]1C1CCC1. The highest BCUT2D eigenvalue weighted by Crippen LogP contribution is 2.37. The fourth-order valence-electron chi connectivity index (χ4n) is 3.17. The van der Waals surface area contributed by atoms with Crippen molar-refractivity contribution >= 4 is 6.03 Å². The number of rotatable bonds is 4. The van der Waals surface area contributed by atoms with E-state index in [1.165, 1.54) is 25.7 Å². The molecule has 1 atom stereocenters. The third-order valence-electron chi connectivity index (χ3n) is 4.46. The van der Waals surface area contributed by atoms with Gasteiger partial charge in [0, 0.05) is 38.1 Å². The molecule has 0 aromatic carbocycles. The second-order valence-corrected chi connectivity index (χ2v) is 5.63. The van der Waals surface area contributed by atoms with Crippen LogP contribution in [0, 0.1) is 5.92 Å². The van der Waals surface area contributed by atoms with Crippen LogP contribution in [-0.2, 0) is 6.54 Å². The smallest absolute Gasteiger partial charge is 0.317 e. The number of nitrogens with zero attached hydrogens (tertiary/aromatic N) is 3. The van der Waals surface area contributed by atoms with E-state index in [0.29, 0.717) is 12.6 Å². The van der Waals surface area contributed by atoms with Crippen molar-refractivity contribution in [2.45, 2.75) is 44.7 Å². The van der Waals surface area contributed by atoms with E-state index in [1.54, 1.807) is 12.5 Å². The van der Waals surface area contributed by atoms with Crippen LogP contribution in [0.4, 0.5) is 4.79 Å². The van der Waals surface area contributed by atoms with E-state index >= 15 is 0 Å². The van der Waals surface area contributed by atoms with Crippen molar-refractivity contribution in [3.8, 4) is 0 Å². The molecule has 5 nitrogen and oxygen atoms in total. The van der Waals surface area contributed by atoms with Gasteiger partial charge < -0.3 is 14.8 Å². The maximum absolute atomic E-state index is 12.2. The van der Waals surface area contributed by atoms with Crippen LogP contribution in [0.3, 0.4) is 0 Å². The molecular weight excluding hydrogens is 240 g/mol. The molecule has 3 rings (SSSR count). The zero-order valence-corrected chi connectivity index (χ0v) is 11.3. The summed E-state index contributed by atoms with van der Waals surface area (Å²) in [6.45, 7) is 2.38. The van der Waals surface area contributed by atoms with Gasteiger partial charge in [0.1, 0.15) is 0 Å². The van der Waals surface area contributed by atoms with E-state index in [9.17, 15) is 4.79 Å². The second kappa shape index (κ2) is 5.63. The van der Waals surface area contributed by atoms with Gasteiger partial charge in [0.2, 0.25) is 0 Å². The fourth-order valence-corrected chi connectivity index (χ4v) is 3.17. The standard InChI is InChI=1S/C14H22N4O/c19-14(16-7-10-17-9-6-15-11-17)18-8-2-5-13(18)12-3-1-4-12/h6,9,11-13H,1-5,7-8,10H2,(H,16,19)/t13-/m1/s1. The number of hydrogen-bond donors (Lipinski definition) is 1. The predicted molar refractivity (Wildman–Crippen MR) is 72.7 cm³/mol. The first kappa shape index (κ1) is 12.5. The quantitative estimate of drug-likeness (QED) is 0.900. The van der Waals surface area contributed by atoms with E-state index in [4.69, 9.17) is 0 Å². The third kappa shape index (κ3) is 2.74. The Morgan fingerprint density at radius 3 is 2.89 bits per heavy atom. The number of aromatic nitrogens is 2. The number of amides is 2. The van der Waals surface area contributed by atoms with E-state index in [1.807, 2.05) is 10.8 Å². The monoisotopic (exact) mass is 262 g/mol. The minimum Gasteiger partial charge on any atom is -0.336 e. The molecule has 1 N–H and O–H groups in total. The molecule has 2 aliphatic rings. The molecule has 0 radical (unpaired) electrons. The van der Waals surface area contributed by atoms with Crippen molar-refractivity contribution in [2.24, 2.45) is 5.92 Å². The number of carbonyl (C=O) groups is 1. The normalized spacial score (nSPS) is 23.4. The van der Waals surface area contributed by atoms with Crippen molar-refractivity contribution in [2.75, 3.05) is 13.1 Å². The molecule has 1 aliphatic carbocycles. The predicted octanol–water partition coefficient (Wildman–Crippen LogP) is 1.86. The molecule has 1 aromatic rings. The van der Waals surface area contributed by atoms with E-state index in [0.717, 1.165) is 25.4 Å². The summed E-state index contributed by atoms with van der Waals surface area (Å²) in [4.78, 5) is 18.3. The van der Waals surface area contributed by atoms with Gasteiger partial charge >= 0.3 is 6.03 Å². The highest BCUT2D eigenvalue weighted by molar-refractivity contribution is 5.74. The topological polar surface area (TPSA) is 50.2 Å². The van der Waals surface area contributed by atoms with Crippen LogP contribution >= 0.6 is 0 Å². The van der Waals surface area contributed by atoms with Gasteiger partial charge in [-0.15, -0.1) is 0 Å². The van der Waals surface area contributed by atoms with Crippen LogP contribution in [0.2, 0.25) is 0 Å². The van der Waals surface area contributed by atoms with Gasteiger partial charge in [0.05, 0.1) is 6.33 Å². The van der Waals surface area contributed by atoms with E-state index in [-0.39, 0.29) is 6.03 Å². The van der Waals surface area contributed by atoms with Crippen molar-refractivity contribution < 1.29 is 4.79 Å². The van der Waals surface area contributed by atoms with Gasteiger partial charge in [-0.3, -0.25) is 0 Å². The molecule has 0 bridgehead atoms. The Morgan fingerprint density at radius 1 is 1.32 bits per heavy atom. The largest absolute Gasteiger partial charge is 0.336 e. The Bertz CT molecular complexity index is 413. The lowest BCUT2D eigenvalue weighted by Crippen LogP contribution is -2.47. The Morgan fingerprint density at radius 2 is 2.21 bits per heavy atom. The van der Waals surface area contributed by atoms with Crippen LogP contribution in [0.1, 0.15) is 32.1 Å². The summed E-state index contributed by atoms with van der Waals surface area (Å²) in [5.74, 6) is 0.766. The lowest BCUT2D eigenvalue weighted by atomic mass is 9.79. The van der Waals surface area contributed by atoms with Gasteiger partial charge in [-0.1, -0.05) is 6.42 Å². The molecule has 2 fully saturated rings. The van der Waals surface area contributed by atoms with Crippen LogP contribution in [0.15, 0.2) is 18.7 Å². The van der Waals surface area contributed by atoms with Crippen LogP contribution in [0.25, 0.3) is 0 Å². The minimum absolute atomic E-state index is 0.120. The molecule has 0 spiro atoms. The Kier molecular flexibility index (Phi) is 3.71. The number of imidazole rings is 1. The molecule has 5 heteroatoms. The average Bonchev–Trinajstić information content (AvgIpc) is 2.97. The maximum Gasteiger partial charge on any atom is 0.317 e. The van der Waals surface area contributed by atoms with Crippen LogP contribution < -0.4 is 5.32 Å². The molecule has 1 aliphatic heterocycles. The van der Waals surface area contributed by atoms with Gasteiger partial charge in [0.15, 0.2) is 0 Å². The van der Waals surface area contributed by atoms with Crippen LogP contribution in [-0.4, -0.2) is 39.6 Å². The first-order chi connectivity index (χ1) is 9.34. The summed E-state index contributed by atoms with van der Waals surface area (Å²) in [5.41, 5.74) is 0. The minimum atomic E-state index is 0.120. The maximum atomic E-state index is 12.2. The highest BCUT2D eigenvalue weighted by atomic mass is 16.2. The average molecular weight is 262 g/mol. The van der Waals surface area contributed by atoms with Gasteiger partial charge in [-0.2, -0.15) is 0 Å². The summed E-state index contributed by atoms with van der Waals surface area (Å²) >= 11 is 0. The van der Waals surface area contributed by atoms with Gasteiger partial charge in [-0.25, -0.2) is 9.78 Å². The summed E-state index contributed by atoms with van der Waals surface area (Å²) in [6.07, 6.45) is 11.8. The highest BCUT2D eigenvalue weighted by Gasteiger charge is 2.37. The molecule has 1 saturated heterocycles. The Balaban J connectivity index is 1.46. The van der Waals surface area contributed by atoms with Crippen molar-refractivity contribution in [1.29, 1.82) is 0 Å². The van der Waals surface area contributed by atoms with E-state index in [2.05, 4.69) is 15.2 Å². The second-order valence-electron chi connectivity index (χ2n) is 5.63.